The van der Waals surface area contributed by atoms with Gasteiger partial charge in [0.05, 0.1) is 6.61 Å². The summed E-state index contributed by atoms with van der Waals surface area (Å²) < 4.78 is 0. The molecule has 0 unspecified atom stereocenters. The minimum absolute atomic E-state index is 0.129. The molecule has 2 aromatic carbocycles. The quantitative estimate of drug-likeness (QED) is 0.831. The lowest BCUT2D eigenvalue weighted by Crippen LogP contribution is -1.93. The van der Waals surface area contributed by atoms with Crippen molar-refractivity contribution in [2.75, 3.05) is 0 Å². The number of aliphatic carboxylic acids is 1. The Bertz CT molecular complexity index is 573. The topological polar surface area (TPSA) is 57.5 Å². The molecule has 2 N–H and O–H groups in total. The van der Waals surface area contributed by atoms with Crippen molar-refractivity contribution >= 4 is 16.7 Å². The molecule has 0 bridgehead atoms. The Kier molecular flexibility index (Phi) is 5.76. The fourth-order valence-corrected chi connectivity index (χ4v) is 1.90. The smallest absolute Gasteiger partial charge is 0.327 e. The molecule has 2 rings (SSSR count). The number of carbonyl (C=O) groups is 1. The highest BCUT2D eigenvalue weighted by molar-refractivity contribution is 5.86. The van der Waals surface area contributed by atoms with Gasteiger partial charge in [-0.3, -0.25) is 0 Å². The highest BCUT2D eigenvalue weighted by atomic mass is 16.4. The largest absolute Gasteiger partial charge is 0.478 e. The molecule has 0 radical (unpaired) electrons. The molecule has 0 aromatic heterocycles. The van der Waals surface area contributed by atoms with Crippen molar-refractivity contribution in [3.63, 3.8) is 0 Å². The molecule has 19 heavy (non-hydrogen) atoms. The number of rotatable bonds is 3. The third-order valence-electron chi connectivity index (χ3n) is 2.85. The molecule has 0 atom stereocenters. The summed E-state index contributed by atoms with van der Waals surface area (Å²) in [5, 5.41) is 19.3. The van der Waals surface area contributed by atoms with Crippen molar-refractivity contribution in [2.45, 2.75) is 20.0 Å². The van der Waals surface area contributed by atoms with Crippen molar-refractivity contribution in [3.05, 3.63) is 60.2 Å². The molecule has 0 heterocycles. The van der Waals surface area contributed by atoms with E-state index in [1.807, 2.05) is 12.1 Å². The first-order valence-corrected chi connectivity index (χ1v) is 6.09. The molecule has 0 saturated carbocycles. The lowest BCUT2D eigenvalue weighted by Gasteiger charge is -2.08. The average Bonchev–Trinajstić information content (AvgIpc) is 2.46. The maximum absolute atomic E-state index is 9.35. The van der Waals surface area contributed by atoms with E-state index in [9.17, 15) is 9.90 Å². The van der Waals surface area contributed by atoms with E-state index in [1.165, 1.54) is 16.3 Å². The second-order valence-electron chi connectivity index (χ2n) is 3.98. The average molecular weight is 258 g/mol. The Hall–Kier alpha value is -2.13. The number of benzene rings is 2. The summed E-state index contributed by atoms with van der Waals surface area (Å²) in [4.78, 5) is 9.25. The van der Waals surface area contributed by atoms with E-state index in [0.717, 1.165) is 18.1 Å². The molecule has 0 aliphatic heterocycles. The molecule has 2 aromatic rings. The van der Waals surface area contributed by atoms with Gasteiger partial charge in [-0.05, 0) is 28.3 Å². The summed E-state index contributed by atoms with van der Waals surface area (Å²) in [7, 11) is 0. The Morgan fingerprint density at radius 3 is 2.42 bits per heavy atom. The Labute approximate surface area is 112 Å². The van der Waals surface area contributed by atoms with Gasteiger partial charge in [-0.1, -0.05) is 49.9 Å². The highest BCUT2D eigenvalue weighted by Gasteiger charge is 2.04. The molecule has 0 fully saturated rings. The second-order valence-corrected chi connectivity index (χ2v) is 3.98. The van der Waals surface area contributed by atoms with Crippen molar-refractivity contribution < 1.29 is 15.0 Å². The molecule has 100 valence electrons. The SMILES string of the molecule is C=CC(=O)O.CCc1ccc2ccccc2c1CO. The van der Waals surface area contributed by atoms with Gasteiger partial charge in [-0.2, -0.15) is 0 Å². The van der Waals surface area contributed by atoms with Crippen LogP contribution in [0.15, 0.2) is 49.1 Å². The van der Waals surface area contributed by atoms with E-state index in [0.29, 0.717) is 0 Å². The number of carboxylic acids is 1. The monoisotopic (exact) mass is 258 g/mol. The molecule has 0 aliphatic rings. The number of hydrogen-bond donors (Lipinski definition) is 2. The minimum Gasteiger partial charge on any atom is -0.478 e. The lowest BCUT2D eigenvalue weighted by atomic mass is 9.98. The second kappa shape index (κ2) is 7.34. The molecule has 0 aliphatic carbocycles. The first-order valence-electron chi connectivity index (χ1n) is 6.09. The Morgan fingerprint density at radius 1 is 1.26 bits per heavy atom. The van der Waals surface area contributed by atoms with Gasteiger partial charge in [-0.25, -0.2) is 4.79 Å². The zero-order valence-corrected chi connectivity index (χ0v) is 11.0. The predicted octanol–water partition coefficient (Wildman–Crippen LogP) is 3.15. The van der Waals surface area contributed by atoms with Crippen molar-refractivity contribution in [3.8, 4) is 0 Å². The van der Waals surface area contributed by atoms with Crippen LogP contribution >= 0.6 is 0 Å². The summed E-state index contributed by atoms with van der Waals surface area (Å²) in [5.74, 6) is -0.981. The van der Waals surface area contributed by atoms with Crippen molar-refractivity contribution in [2.24, 2.45) is 0 Å². The summed E-state index contributed by atoms with van der Waals surface area (Å²) >= 11 is 0. The van der Waals surface area contributed by atoms with Gasteiger partial charge < -0.3 is 10.2 Å². The van der Waals surface area contributed by atoms with E-state index in [2.05, 4.69) is 37.8 Å². The van der Waals surface area contributed by atoms with Crippen LogP contribution < -0.4 is 0 Å². The third-order valence-corrected chi connectivity index (χ3v) is 2.85. The molecule has 3 heteroatoms. The zero-order chi connectivity index (χ0) is 14.3. The number of fused-ring (bicyclic) bond motifs is 1. The van der Waals surface area contributed by atoms with Crippen LogP contribution in [0.1, 0.15) is 18.1 Å². The van der Waals surface area contributed by atoms with Crippen LogP contribution in [0.3, 0.4) is 0 Å². The Morgan fingerprint density at radius 2 is 1.89 bits per heavy atom. The fraction of sp³-hybridized carbons (Fsp3) is 0.188. The molecule has 3 nitrogen and oxygen atoms in total. The van der Waals surface area contributed by atoms with Crippen LogP contribution in [-0.2, 0) is 17.8 Å². The summed E-state index contributed by atoms with van der Waals surface area (Å²) in [6, 6.07) is 12.4. The van der Waals surface area contributed by atoms with Gasteiger partial charge in [0, 0.05) is 6.08 Å². The number of hydrogen-bond acceptors (Lipinski definition) is 2. The van der Waals surface area contributed by atoms with E-state index < -0.39 is 5.97 Å². The first kappa shape index (κ1) is 14.9. The van der Waals surface area contributed by atoms with E-state index in [4.69, 9.17) is 5.11 Å². The summed E-state index contributed by atoms with van der Waals surface area (Å²) in [6.07, 6.45) is 1.81. The van der Waals surface area contributed by atoms with Crippen LogP contribution in [0.25, 0.3) is 10.8 Å². The van der Waals surface area contributed by atoms with Gasteiger partial charge in [-0.15, -0.1) is 0 Å². The van der Waals surface area contributed by atoms with Gasteiger partial charge in [0.25, 0.3) is 0 Å². The van der Waals surface area contributed by atoms with Gasteiger partial charge >= 0.3 is 5.97 Å². The van der Waals surface area contributed by atoms with Crippen LogP contribution in [0, 0.1) is 0 Å². The number of aryl methyl sites for hydroxylation is 1. The fourth-order valence-electron chi connectivity index (χ4n) is 1.90. The number of aliphatic hydroxyl groups is 1. The molecule has 0 saturated heterocycles. The summed E-state index contributed by atoms with van der Waals surface area (Å²) in [6.45, 7) is 5.20. The molecule has 0 amide bonds. The zero-order valence-electron chi connectivity index (χ0n) is 11.0. The van der Waals surface area contributed by atoms with E-state index >= 15 is 0 Å². The molecular formula is C16H18O3. The minimum atomic E-state index is -0.981. The van der Waals surface area contributed by atoms with E-state index in [-0.39, 0.29) is 6.61 Å². The van der Waals surface area contributed by atoms with Gasteiger partial charge in [0.15, 0.2) is 0 Å². The van der Waals surface area contributed by atoms with Crippen molar-refractivity contribution in [1.29, 1.82) is 0 Å². The normalized spacial score (nSPS) is 9.58. The predicted molar refractivity (Wildman–Crippen MR) is 77.1 cm³/mol. The standard InChI is InChI=1S/C13H14O.C3H4O2/c1-2-10-7-8-11-5-3-4-6-12(11)13(10)9-14;1-2-3(4)5/h3-8,14H,2,9H2,1H3;2H,1H2,(H,4,5). The highest BCUT2D eigenvalue weighted by Crippen LogP contribution is 2.22. The lowest BCUT2D eigenvalue weighted by molar-refractivity contribution is -0.131. The first-order chi connectivity index (χ1) is 9.13. The number of aliphatic hydroxyl groups excluding tert-OH is 1. The molecular weight excluding hydrogens is 240 g/mol. The summed E-state index contributed by atoms with van der Waals surface area (Å²) in [5.41, 5.74) is 2.32. The van der Waals surface area contributed by atoms with Crippen LogP contribution in [0.2, 0.25) is 0 Å². The van der Waals surface area contributed by atoms with Gasteiger partial charge in [0.2, 0.25) is 0 Å². The van der Waals surface area contributed by atoms with Crippen LogP contribution in [0.5, 0.6) is 0 Å². The molecule has 0 spiro atoms. The van der Waals surface area contributed by atoms with Gasteiger partial charge in [0.1, 0.15) is 0 Å². The maximum atomic E-state index is 9.35. The van der Waals surface area contributed by atoms with Crippen LogP contribution in [0.4, 0.5) is 0 Å². The Balaban J connectivity index is 0.000000312. The van der Waals surface area contributed by atoms with Crippen LogP contribution in [-0.4, -0.2) is 16.2 Å². The number of carboxylic acid groups (broad SMARTS) is 1. The van der Waals surface area contributed by atoms with E-state index in [1.54, 1.807) is 0 Å². The third kappa shape index (κ3) is 3.93. The van der Waals surface area contributed by atoms with Crippen molar-refractivity contribution in [1.82, 2.24) is 0 Å². The maximum Gasteiger partial charge on any atom is 0.327 e.